The molecule has 5 nitrogen and oxygen atoms in total. The van der Waals surface area contributed by atoms with E-state index in [4.69, 9.17) is 5.73 Å². The highest BCUT2D eigenvalue weighted by Gasteiger charge is 2.41. The molecule has 2 unspecified atom stereocenters. The number of nitrogens with one attached hydrogen (secondary N) is 1. The van der Waals surface area contributed by atoms with Crippen LogP contribution < -0.4 is 16.0 Å². The van der Waals surface area contributed by atoms with E-state index in [0.29, 0.717) is 6.54 Å². The van der Waals surface area contributed by atoms with Gasteiger partial charge in [-0.15, -0.1) is 0 Å². The first-order valence-corrected chi connectivity index (χ1v) is 6.90. The fourth-order valence-corrected chi connectivity index (χ4v) is 3.25. The molecular weight excluding hydrogens is 240 g/mol. The number of aryl methyl sites for hydroxylation is 1. The van der Waals surface area contributed by atoms with Crippen molar-refractivity contribution in [1.82, 2.24) is 10.3 Å². The van der Waals surface area contributed by atoms with E-state index in [-0.39, 0.29) is 17.9 Å². The minimum atomic E-state index is 0.129. The van der Waals surface area contributed by atoms with Gasteiger partial charge in [-0.1, -0.05) is 0 Å². The Morgan fingerprint density at radius 2 is 2.42 bits per heavy atom. The first-order valence-electron chi connectivity index (χ1n) is 6.90. The monoisotopic (exact) mass is 260 g/mol. The van der Waals surface area contributed by atoms with E-state index in [2.05, 4.69) is 28.2 Å². The van der Waals surface area contributed by atoms with Gasteiger partial charge in [0.25, 0.3) is 0 Å². The summed E-state index contributed by atoms with van der Waals surface area (Å²) in [6.45, 7) is 4.30. The summed E-state index contributed by atoms with van der Waals surface area (Å²) < 4.78 is 0. The Labute approximate surface area is 113 Å². The summed E-state index contributed by atoms with van der Waals surface area (Å²) in [6, 6.07) is 2.35. The van der Waals surface area contributed by atoms with Crippen LogP contribution in [0.5, 0.6) is 0 Å². The summed E-state index contributed by atoms with van der Waals surface area (Å²) in [5, 5.41) is 2.97. The van der Waals surface area contributed by atoms with Gasteiger partial charge in [0.05, 0.1) is 12.0 Å². The molecule has 3 N–H and O–H groups in total. The predicted octanol–water partition coefficient (Wildman–Crippen LogP) is 0.564. The number of pyridine rings is 1. The average molecular weight is 260 g/mol. The SMILES string of the molecule is Cc1cc(CN)cnc1N1CCCC2C(=O)NCC21. The number of aromatic nitrogens is 1. The Morgan fingerprint density at radius 1 is 1.58 bits per heavy atom. The highest BCUT2D eigenvalue weighted by Crippen LogP contribution is 2.32. The number of piperidine rings is 1. The maximum atomic E-state index is 11.8. The van der Waals surface area contributed by atoms with Crippen LogP contribution in [0.3, 0.4) is 0 Å². The molecule has 0 saturated carbocycles. The number of nitrogens with two attached hydrogens (primary N) is 1. The van der Waals surface area contributed by atoms with Crippen LogP contribution in [0.15, 0.2) is 12.3 Å². The topological polar surface area (TPSA) is 71.2 Å². The molecule has 5 heteroatoms. The van der Waals surface area contributed by atoms with Crippen molar-refractivity contribution in [3.05, 3.63) is 23.4 Å². The van der Waals surface area contributed by atoms with Gasteiger partial charge in [-0.3, -0.25) is 4.79 Å². The van der Waals surface area contributed by atoms with Crippen molar-refractivity contribution in [2.45, 2.75) is 32.4 Å². The van der Waals surface area contributed by atoms with Crippen molar-refractivity contribution in [1.29, 1.82) is 0 Å². The average Bonchev–Trinajstić information content (AvgIpc) is 2.81. The number of fused-ring (bicyclic) bond motifs is 1. The summed E-state index contributed by atoms with van der Waals surface area (Å²) in [4.78, 5) is 18.7. The molecule has 3 rings (SSSR count). The van der Waals surface area contributed by atoms with Gasteiger partial charge in [-0.25, -0.2) is 4.98 Å². The maximum absolute atomic E-state index is 11.8. The molecule has 19 heavy (non-hydrogen) atoms. The Morgan fingerprint density at radius 3 is 3.16 bits per heavy atom. The Balaban J connectivity index is 1.91. The molecule has 2 aliphatic rings. The minimum absolute atomic E-state index is 0.129. The van der Waals surface area contributed by atoms with Gasteiger partial charge in [0, 0.05) is 25.8 Å². The molecule has 1 amide bonds. The van der Waals surface area contributed by atoms with Gasteiger partial charge >= 0.3 is 0 Å². The van der Waals surface area contributed by atoms with Crippen molar-refractivity contribution in [3.63, 3.8) is 0 Å². The lowest BCUT2D eigenvalue weighted by molar-refractivity contribution is -0.122. The van der Waals surface area contributed by atoms with E-state index in [0.717, 1.165) is 42.9 Å². The van der Waals surface area contributed by atoms with Gasteiger partial charge in [0.2, 0.25) is 5.91 Å². The van der Waals surface area contributed by atoms with Crippen LogP contribution >= 0.6 is 0 Å². The maximum Gasteiger partial charge on any atom is 0.225 e. The van der Waals surface area contributed by atoms with Gasteiger partial charge in [-0.2, -0.15) is 0 Å². The first kappa shape index (κ1) is 12.4. The molecule has 102 valence electrons. The highest BCUT2D eigenvalue weighted by molar-refractivity contribution is 5.83. The van der Waals surface area contributed by atoms with E-state index < -0.39 is 0 Å². The second kappa shape index (κ2) is 4.81. The Kier molecular flexibility index (Phi) is 3.14. The number of hydrogen-bond acceptors (Lipinski definition) is 4. The normalized spacial score (nSPS) is 26.2. The van der Waals surface area contributed by atoms with Crippen molar-refractivity contribution < 1.29 is 4.79 Å². The zero-order valence-electron chi connectivity index (χ0n) is 11.2. The van der Waals surface area contributed by atoms with Crippen LogP contribution in [0.25, 0.3) is 0 Å². The third-order valence-electron chi connectivity index (χ3n) is 4.22. The van der Waals surface area contributed by atoms with Gasteiger partial charge in [-0.05, 0) is 37.0 Å². The summed E-state index contributed by atoms with van der Waals surface area (Å²) >= 11 is 0. The molecule has 0 bridgehead atoms. The van der Waals surface area contributed by atoms with E-state index >= 15 is 0 Å². The van der Waals surface area contributed by atoms with Crippen molar-refractivity contribution in [2.24, 2.45) is 11.7 Å². The molecule has 2 fully saturated rings. The molecule has 0 spiro atoms. The summed E-state index contributed by atoms with van der Waals surface area (Å²) in [6.07, 6.45) is 3.89. The largest absolute Gasteiger partial charge is 0.354 e. The predicted molar refractivity (Wildman–Crippen MR) is 73.7 cm³/mol. The van der Waals surface area contributed by atoms with Crippen LogP contribution in [-0.4, -0.2) is 30.0 Å². The standard InChI is InChI=1S/C14H20N4O/c1-9-5-10(6-15)7-16-13(9)18-4-2-3-11-12(18)8-17-14(11)19/h5,7,11-12H,2-4,6,8,15H2,1H3,(H,17,19). The van der Waals surface area contributed by atoms with Crippen LogP contribution in [0.4, 0.5) is 5.82 Å². The van der Waals surface area contributed by atoms with E-state index in [1.54, 1.807) is 0 Å². The van der Waals surface area contributed by atoms with E-state index in [1.807, 2.05) is 6.20 Å². The fraction of sp³-hybridized carbons (Fsp3) is 0.571. The van der Waals surface area contributed by atoms with E-state index in [1.165, 1.54) is 0 Å². The number of carbonyl (C=O) groups excluding carboxylic acids is 1. The molecule has 2 aliphatic heterocycles. The lowest BCUT2D eigenvalue weighted by Gasteiger charge is -2.37. The summed E-state index contributed by atoms with van der Waals surface area (Å²) in [5.74, 6) is 1.33. The van der Waals surface area contributed by atoms with E-state index in [9.17, 15) is 4.79 Å². The summed E-state index contributed by atoms with van der Waals surface area (Å²) in [5.41, 5.74) is 7.84. The first-order chi connectivity index (χ1) is 9.20. The van der Waals surface area contributed by atoms with Crippen LogP contribution in [0.1, 0.15) is 24.0 Å². The lowest BCUT2D eigenvalue weighted by Crippen LogP contribution is -2.46. The number of hydrogen-bond donors (Lipinski definition) is 2. The Hall–Kier alpha value is -1.62. The van der Waals surface area contributed by atoms with Crippen molar-refractivity contribution in [2.75, 3.05) is 18.0 Å². The number of rotatable bonds is 2. The second-order valence-electron chi connectivity index (χ2n) is 5.44. The molecule has 1 aromatic heterocycles. The molecular formula is C14H20N4O. The second-order valence-corrected chi connectivity index (χ2v) is 5.44. The van der Waals surface area contributed by atoms with Crippen LogP contribution in [0.2, 0.25) is 0 Å². The van der Waals surface area contributed by atoms with Crippen LogP contribution in [0, 0.1) is 12.8 Å². The zero-order valence-corrected chi connectivity index (χ0v) is 11.2. The molecule has 1 aromatic rings. The number of anilines is 1. The van der Waals surface area contributed by atoms with Crippen molar-refractivity contribution >= 4 is 11.7 Å². The highest BCUT2D eigenvalue weighted by atomic mass is 16.2. The molecule has 0 aromatic carbocycles. The Bertz CT molecular complexity index is 502. The molecule has 0 radical (unpaired) electrons. The van der Waals surface area contributed by atoms with Gasteiger partial charge < -0.3 is 16.0 Å². The third-order valence-corrected chi connectivity index (χ3v) is 4.22. The molecule has 2 saturated heterocycles. The smallest absolute Gasteiger partial charge is 0.225 e. The van der Waals surface area contributed by atoms with Crippen molar-refractivity contribution in [3.8, 4) is 0 Å². The molecule has 2 atom stereocenters. The third kappa shape index (κ3) is 2.08. The van der Waals surface area contributed by atoms with Gasteiger partial charge in [0.15, 0.2) is 0 Å². The minimum Gasteiger partial charge on any atom is -0.354 e. The van der Waals surface area contributed by atoms with Crippen LogP contribution in [-0.2, 0) is 11.3 Å². The number of carbonyl (C=O) groups is 1. The zero-order chi connectivity index (χ0) is 13.4. The lowest BCUT2D eigenvalue weighted by atomic mass is 9.91. The molecule has 3 heterocycles. The molecule has 0 aliphatic carbocycles. The number of nitrogens with zero attached hydrogens (tertiary/aromatic N) is 2. The fourth-order valence-electron chi connectivity index (χ4n) is 3.25. The summed E-state index contributed by atoms with van der Waals surface area (Å²) in [7, 11) is 0. The quantitative estimate of drug-likeness (QED) is 0.815. The van der Waals surface area contributed by atoms with Gasteiger partial charge in [0.1, 0.15) is 5.82 Å². The number of amides is 1.